The largest absolute Gasteiger partial charge is 0.370 e. The highest BCUT2D eigenvalue weighted by molar-refractivity contribution is 6.31. The number of benzene rings is 2. The summed E-state index contributed by atoms with van der Waals surface area (Å²) in [5.41, 5.74) is 5.01. The standard InChI is InChI=1S/C18H23ClN2/c1-4-20-12-16-17(19)10-7-11-18(16)21(3)13-15-9-6-5-8-14(15)2/h5-11,20H,4,12-13H2,1-3H3. The van der Waals surface area contributed by atoms with Gasteiger partial charge in [0.05, 0.1) is 0 Å². The molecular formula is C18H23ClN2. The number of hydrogen-bond donors (Lipinski definition) is 1. The lowest BCUT2D eigenvalue weighted by Crippen LogP contribution is -2.21. The number of rotatable bonds is 6. The predicted molar refractivity (Wildman–Crippen MR) is 92.1 cm³/mol. The van der Waals surface area contributed by atoms with Gasteiger partial charge in [0.15, 0.2) is 0 Å². The van der Waals surface area contributed by atoms with Crippen LogP contribution < -0.4 is 10.2 Å². The van der Waals surface area contributed by atoms with Crippen molar-refractivity contribution in [2.45, 2.75) is 26.9 Å². The fourth-order valence-electron chi connectivity index (χ4n) is 2.46. The smallest absolute Gasteiger partial charge is 0.0471 e. The third-order valence-electron chi connectivity index (χ3n) is 3.73. The Bertz CT molecular complexity index is 596. The van der Waals surface area contributed by atoms with E-state index in [0.29, 0.717) is 0 Å². The van der Waals surface area contributed by atoms with Crippen molar-refractivity contribution in [3.05, 3.63) is 64.2 Å². The normalized spacial score (nSPS) is 10.7. The summed E-state index contributed by atoms with van der Waals surface area (Å²) in [5, 5.41) is 4.19. The zero-order valence-corrected chi connectivity index (χ0v) is 13.7. The molecule has 0 radical (unpaired) electrons. The van der Waals surface area contributed by atoms with E-state index in [2.05, 4.69) is 61.4 Å². The molecule has 0 unspecified atom stereocenters. The van der Waals surface area contributed by atoms with E-state index in [-0.39, 0.29) is 0 Å². The highest BCUT2D eigenvalue weighted by Crippen LogP contribution is 2.28. The summed E-state index contributed by atoms with van der Waals surface area (Å²) >= 11 is 6.38. The average Bonchev–Trinajstić information content (AvgIpc) is 2.48. The lowest BCUT2D eigenvalue weighted by atomic mass is 10.1. The van der Waals surface area contributed by atoms with Crippen LogP contribution in [0.3, 0.4) is 0 Å². The van der Waals surface area contributed by atoms with Gasteiger partial charge in [-0.15, -0.1) is 0 Å². The second-order valence-corrected chi connectivity index (χ2v) is 5.71. The maximum atomic E-state index is 6.38. The molecule has 0 bridgehead atoms. The first kappa shape index (κ1) is 15.9. The zero-order valence-electron chi connectivity index (χ0n) is 13.0. The quantitative estimate of drug-likeness (QED) is 0.851. The van der Waals surface area contributed by atoms with Crippen molar-refractivity contribution in [2.24, 2.45) is 0 Å². The van der Waals surface area contributed by atoms with E-state index in [1.54, 1.807) is 0 Å². The first-order valence-electron chi connectivity index (χ1n) is 7.37. The number of nitrogens with zero attached hydrogens (tertiary/aromatic N) is 1. The minimum absolute atomic E-state index is 0.795. The molecule has 0 aromatic heterocycles. The Hall–Kier alpha value is -1.51. The molecule has 0 spiro atoms. The molecule has 0 amide bonds. The Kier molecular flexibility index (Phi) is 5.66. The molecule has 0 aliphatic rings. The number of halogens is 1. The van der Waals surface area contributed by atoms with Crippen LogP contribution in [0.25, 0.3) is 0 Å². The van der Waals surface area contributed by atoms with E-state index >= 15 is 0 Å². The van der Waals surface area contributed by atoms with Gasteiger partial charge in [-0.05, 0) is 36.7 Å². The number of hydrogen-bond acceptors (Lipinski definition) is 2. The summed E-state index contributed by atoms with van der Waals surface area (Å²) in [4.78, 5) is 2.26. The molecule has 2 rings (SSSR count). The van der Waals surface area contributed by atoms with Gasteiger partial charge in [-0.1, -0.05) is 48.9 Å². The predicted octanol–water partition coefficient (Wildman–Crippen LogP) is 4.39. The van der Waals surface area contributed by atoms with Gasteiger partial charge in [-0.2, -0.15) is 0 Å². The average molecular weight is 303 g/mol. The lowest BCUT2D eigenvalue weighted by Gasteiger charge is -2.24. The van der Waals surface area contributed by atoms with Gasteiger partial charge >= 0.3 is 0 Å². The molecule has 0 heterocycles. The van der Waals surface area contributed by atoms with E-state index in [1.165, 1.54) is 16.8 Å². The molecule has 2 aromatic carbocycles. The number of anilines is 1. The van der Waals surface area contributed by atoms with Gasteiger partial charge in [0.1, 0.15) is 0 Å². The molecule has 0 aliphatic heterocycles. The maximum Gasteiger partial charge on any atom is 0.0471 e. The topological polar surface area (TPSA) is 15.3 Å². The second kappa shape index (κ2) is 7.48. The first-order valence-corrected chi connectivity index (χ1v) is 7.75. The number of aryl methyl sites for hydroxylation is 1. The van der Waals surface area contributed by atoms with E-state index in [1.807, 2.05) is 12.1 Å². The highest BCUT2D eigenvalue weighted by atomic mass is 35.5. The Morgan fingerprint density at radius 2 is 1.86 bits per heavy atom. The molecule has 0 aliphatic carbocycles. The van der Waals surface area contributed by atoms with E-state index in [4.69, 9.17) is 11.6 Å². The third kappa shape index (κ3) is 3.99. The van der Waals surface area contributed by atoms with Crippen LogP contribution in [0, 0.1) is 6.92 Å². The van der Waals surface area contributed by atoms with E-state index in [0.717, 1.165) is 30.2 Å². The molecule has 3 heteroatoms. The highest BCUT2D eigenvalue weighted by Gasteiger charge is 2.11. The van der Waals surface area contributed by atoms with Crippen molar-refractivity contribution in [1.29, 1.82) is 0 Å². The molecule has 0 fully saturated rings. The fourth-order valence-corrected chi connectivity index (χ4v) is 2.69. The molecule has 0 saturated heterocycles. The summed E-state index contributed by atoms with van der Waals surface area (Å²) in [7, 11) is 2.12. The minimum Gasteiger partial charge on any atom is -0.370 e. The Labute approximate surface area is 132 Å². The van der Waals surface area contributed by atoms with Crippen LogP contribution in [-0.4, -0.2) is 13.6 Å². The Morgan fingerprint density at radius 1 is 1.10 bits per heavy atom. The van der Waals surface area contributed by atoms with Crippen LogP contribution in [-0.2, 0) is 13.1 Å². The Morgan fingerprint density at radius 3 is 2.57 bits per heavy atom. The molecule has 2 aromatic rings. The molecule has 0 atom stereocenters. The third-order valence-corrected chi connectivity index (χ3v) is 4.08. The van der Waals surface area contributed by atoms with Crippen LogP contribution in [0.15, 0.2) is 42.5 Å². The van der Waals surface area contributed by atoms with Gasteiger partial charge in [0.2, 0.25) is 0 Å². The van der Waals surface area contributed by atoms with Gasteiger partial charge in [-0.25, -0.2) is 0 Å². The Balaban J connectivity index is 2.24. The van der Waals surface area contributed by atoms with Crippen LogP contribution >= 0.6 is 11.6 Å². The van der Waals surface area contributed by atoms with Gasteiger partial charge < -0.3 is 10.2 Å². The van der Waals surface area contributed by atoms with Gasteiger partial charge in [0, 0.05) is 36.4 Å². The van der Waals surface area contributed by atoms with Crippen molar-refractivity contribution >= 4 is 17.3 Å². The van der Waals surface area contributed by atoms with Crippen LogP contribution in [0.2, 0.25) is 5.02 Å². The summed E-state index contributed by atoms with van der Waals surface area (Å²) < 4.78 is 0. The molecule has 1 N–H and O–H groups in total. The SMILES string of the molecule is CCNCc1c(Cl)cccc1N(C)Cc1ccccc1C. The monoisotopic (exact) mass is 302 g/mol. The summed E-state index contributed by atoms with van der Waals surface area (Å²) in [6, 6.07) is 14.6. The molecule has 112 valence electrons. The lowest BCUT2D eigenvalue weighted by molar-refractivity contribution is 0.723. The van der Waals surface area contributed by atoms with Crippen molar-refractivity contribution < 1.29 is 0 Å². The van der Waals surface area contributed by atoms with Crippen molar-refractivity contribution in [3.63, 3.8) is 0 Å². The molecule has 2 nitrogen and oxygen atoms in total. The van der Waals surface area contributed by atoms with Crippen LogP contribution in [0.4, 0.5) is 5.69 Å². The molecular weight excluding hydrogens is 280 g/mol. The fraction of sp³-hybridized carbons (Fsp3) is 0.333. The van der Waals surface area contributed by atoms with E-state index < -0.39 is 0 Å². The number of nitrogens with one attached hydrogen (secondary N) is 1. The zero-order chi connectivity index (χ0) is 15.2. The molecule has 0 saturated carbocycles. The van der Waals surface area contributed by atoms with Crippen LogP contribution in [0.5, 0.6) is 0 Å². The van der Waals surface area contributed by atoms with Gasteiger partial charge in [0.25, 0.3) is 0 Å². The summed E-state index contributed by atoms with van der Waals surface area (Å²) in [6.07, 6.45) is 0. The maximum absolute atomic E-state index is 6.38. The van der Waals surface area contributed by atoms with Gasteiger partial charge in [-0.3, -0.25) is 0 Å². The van der Waals surface area contributed by atoms with Crippen molar-refractivity contribution in [1.82, 2.24) is 5.32 Å². The van der Waals surface area contributed by atoms with Crippen molar-refractivity contribution in [2.75, 3.05) is 18.5 Å². The summed E-state index contributed by atoms with van der Waals surface area (Å²) in [5.74, 6) is 0. The molecule has 21 heavy (non-hydrogen) atoms. The first-order chi connectivity index (χ1) is 10.1. The van der Waals surface area contributed by atoms with Crippen molar-refractivity contribution in [3.8, 4) is 0 Å². The summed E-state index contributed by atoms with van der Waals surface area (Å²) in [6.45, 7) is 6.87. The second-order valence-electron chi connectivity index (χ2n) is 5.30. The van der Waals surface area contributed by atoms with E-state index in [9.17, 15) is 0 Å². The minimum atomic E-state index is 0.795. The van der Waals surface area contributed by atoms with Crippen LogP contribution in [0.1, 0.15) is 23.6 Å².